The molecule has 2 aliphatic heterocycles. The fourth-order valence-electron chi connectivity index (χ4n) is 7.69. The van der Waals surface area contributed by atoms with Gasteiger partial charge in [-0.05, 0) is 53.4 Å². The Morgan fingerprint density at radius 3 is 1.19 bits per heavy atom. The van der Waals surface area contributed by atoms with Gasteiger partial charge in [-0.25, -0.2) is 0 Å². The molecule has 0 unspecified atom stereocenters. The molecule has 9 rings (SSSR count). The first-order valence-corrected chi connectivity index (χ1v) is 19.8. The smallest absolute Gasteiger partial charge is 0.205 e. The third-order valence-electron chi connectivity index (χ3n) is 10.7. The Morgan fingerprint density at radius 2 is 0.780 bits per heavy atom. The second-order valence-corrected chi connectivity index (χ2v) is 14.6. The average Bonchev–Trinajstić information content (AvgIpc) is 3.75. The van der Waals surface area contributed by atoms with Gasteiger partial charge in [-0.3, -0.25) is 0 Å². The molecule has 2 aliphatic rings. The highest BCUT2D eigenvalue weighted by atomic mass is 16.7. The van der Waals surface area contributed by atoms with E-state index in [-0.39, 0.29) is 37.9 Å². The Bertz CT molecular complexity index is 2360. The summed E-state index contributed by atoms with van der Waals surface area (Å²) in [4.78, 5) is 0. The largest absolute Gasteiger partial charge is 0.485 e. The van der Waals surface area contributed by atoms with Gasteiger partial charge >= 0.3 is 0 Å². The molecule has 7 aromatic carbocycles. The van der Waals surface area contributed by atoms with Gasteiger partial charge in [0.2, 0.25) is 11.5 Å². The molecule has 296 valence electrons. The molecule has 59 heavy (non-hydrogen) atoms. The monoisotopic (exact) mass is 784 g/mol. The topological polar surface area (TPSA) is 84.8 Å². The van der Waals surface area contributed by atoms with Gasteiger partial charge in [0, 0.05) is 22.3 Å². The molecule has 0 aliphatic carbocycles. The fraction of sp³-hybridized carbons (Fsp3) is 0.176. The molecule has 1 N–H and O–H groups in total. The lowest BCUT2D eigenvalue weighted by Gasteiger charge is -2.40. The van der Waals surface area contributed by atoms with Crippen LogP contribution in [-0.2, 0) is 47.3 Å². The van der Waals surface area contributed by atoms with Crippen LogP contribution in [0, 0.1) is 0 Å². The van der Waals surface area contributed by atoms with Crippen LogP contribution in [0.4, 0.5) is 0 Å². The van der Waals surface area contributed by atoms with Gasteiger partial charge in [-0.2, -0.15) is 0 Å². The van der Waals surface area contributed by atoms with E-state index in [9.17, 15) is 5.11 Å². The van der Waals surface area contributed by atoms with Gasteiger partial charge in [-0.15, -0.1) is 0 Å². The maximum absolute atomic E-state index is 13.8. The Labute approximate surface area is 344 Å². The Hall–Kier alpha value is -6.58. The van der Waals surface area contributed by atoms with Crippen LogP contribution in [0.2, 0.25) is 0 Å². The van der Waals surface area contributed by atoms with Crippen molar-refractivity contribution in [3.05, 3.63) is 214 Å². The average molecular weight is 785 g/mol. The highest BCUT2D eigenvalue weighted by molar-refractivity contribution is 5.72. The van der Waals surface area contributed by atoms with Crippen LogP contribution in [0.1, 0.15) is 51.4 Å². The first-order valence-electron chi connectivity index (χ1n) is 19.8. The van der Waals surface area contributed by atoms with Crippen LogP contribution >= 0.6 is 0 Å². The summed E-state index contributed by atoms with van der Waals surface area (Å²) in [7, 11) is 0. The number of rotatable bonds is 14. The Morgan fingerprint density at radius 1 is 0.424 bits per heavy atom. The molecule has 8 nitrogen and oxygen atoms in total. The Balaban J connectivity index is 1.25. The van der Waals surface area contributed by atoms with Crippen molar-refractivity contribution in [1.82, 2.24) is 0 Å². The highest BCUT2D eigenvalue weighted by Crippen LogP contribution is 2.60. The predicted octanol–water partition coefficient (Wildman–Crippen LogP) is 10.6. The standard InChI is InChI=1S/C51H44O8/c1-50(57-30-31-58-50)40-24-14-15-25-41(40)51(52)42-26-28-44(53-32-36-16-6-2-7-17-36)48(55-34-38-20-10-4-11-21-38)46(42)59-47-43(51)27-29-45(54-33-37-18-8-3-9-19-37)49(47)56-35-39-22-12-5-13-23-39/h2-29,52H,30-35H2,1H3. The first kappa shape index (κ1) is 38.0. The summed E-state index contributed by atoms with van der Waals surface area (Å²) in [5, 5.41) is 13.8. The molecule has 1 fully saturated rings. The number of benzene rings is 7. The van der Waals surface area contributed by atoms with Crippen molar-refractivity contribution >= 4 is 0 Å². The van der Waals surface area contributed by atoms with Crippen molar-refractivity contribution in [2.24, 2.45) is 0 Å². The number of fused-ring (bicyclic) bond motifs is 2. The molecule has 0 amide bonds. The molecular formula is C51H44O8. The van der Waals surface area contributed by atoms with Crippen molar-refractivity contribution in [3.8, 4) is 34.5 Å². The van der Waals surface area contributed by atoms with Gasteiger partial charge < -0.3 is 38.3 Å². The number of ether oxygens (including phenoxy) is 7. The van der Waals surface area contributed by atoms with Gasteiger partial charge in [0.1, 0.15) is 32.0 Å². The van der Waals surface area contributed by atoms with Crippen molar-refractivity contribution in [2.75, 3.05) is 13.2 Å². The lowest BCUT2D eigenvalue weighted by Crippen LogP contribution is -2.37. The van der Waals surface area contributed by atoms with Crippen LogP contribution in [0.3, 0.4) is 0 Å². The van der Waals surface area contributed by atoms with Gasteiger partial charge in [-0.1, -0.05) is 146 Å². The van der Waals surface area contributed by atoms with Gasteiger partial charge in [0.15, 0.2) is 28.8 Å². The third kappa shape index (κ3) is 7.74. The number of hydrogen-bond acceptors (Lipinski definition) is 8. The second-order valence-electron chi connectivity index (χ2n) is 14.6. The zero-order chi connectivity index (χ0) is 40.1. The van der Waals surface area contributed by atoms with Crippen LogP contribution in [0.5, 0.6) is 34.5 Å². The molecule has 1 saturated heterocycles. The summed E-state index contributed by atoms with van der Waals surface area (Å²) in [6.07, 6.45) is 0. The Kier molecular flexibility index (Phi) is 10.8. The molecule has 8 heteroatoms. The summed E-state index contributed by atoms with van der Waals surface area (Å²) in [6, 6.07) is 54.7. The minimum Gasteiger partial charge on any atom is -0.485 e. The van der Waals surface area contributed by atoms with E-state index in [1.165, 1.54) is 0 Å². The van der Waals surface area contributed by atoms with Crippen LogP contribution in [0.25, 0.3) is 0 Å². The summed E-state index contributed by atoms with van der Waals surface area (Å²) in [5.74, 6) is 0.974. The molecule has 0 radical (unpaired) electrons. The zero-order valence-corrected chi connectivity index (χ0v) is 32.7. The van der Waals surface area contributed by atoms with E-state index in [2.05, 4.69) is 0 Å². The third-order valence-corrected chi connectivity index (χ3v) is 10.7. The summed E-state index contributed by atoms with van der Waals surface area (Å²) in [6.45, 7) is 3.69. The molecule has 0 aromatic heterocycles. The fourth-order valence-corrected chi connectivity index (χ4v) is 7.69. The van der Waals surface area contributed by atoms with E-state index in [0.29, 0.717) is 58.5 Å². The first-order chi connectivity index (χ1) is 29.0. The van der Waals surface area contributed by atoms with Gasteiger partial charge in [0.25, 0.3) is 0 Å². The van der Waals surface area contributed by atoms with E-state index < -0.39 is 11.4 Å². The minimum absolute atomic E-state index is 0.210. The SMILES string of the molecule is CC1(c2ccccc2C2(O)c3ccc(OCc4ccccc4)c(OCc4ccccc4)c3Oc3c2ccc(OCc2ccccc2)c3OCc2ccccc2)OCCO1. The van der Waals surface area contributed by atoms with Crippen LogP contribution < -0.4 is 23.7 Å². The quantitative estimate of drug-likeness (QED) is 0.117. The number of hydrogen-bond donors (Lipinski definition) is 1. The predicted molar refractivity (Wildman–Crippen MR) is 224 cm³/mol. The minimum atomic E-state index is -1.84. The van der Waals surface area contributed by atoms with E-state index in [0.717, 1.165) is 22.3 Å². The van der Waals surface area contributed by atoms with E-state index in [4.69, 9.17) is 33.2 Å². The van der Waals surface area contributed by atoms with Crippen molar-refractivity contribution < 1.29 is 38.3 Å². The van der Waals surface area contributed by atoms with E-state index in [1.54, 1.807) is 0 Å². The van der Waals surface area contributed by atoms with E-state index in [1.807, 2.05) is 177 Å². The molecule has 2 heterocycles. The molecular weight excluding hydrogens is 741 g/mol. The van der Waals surface area contributed by atoms with Crippen molar-refractivity contribution in [2.45, 2.75) is 44.7 Å². The molecule has 7 aromatic rings. The van der Waals surface area contributed by atoms with Gasteiger partial charge in [0.05, 0.1) is 13.2 Å². The molecule has 0 bridgehead atoms. The summed E-state index contributed by atoms with van der Waals surface area (Å²) < 4.78 is 46.0. The maximum Gasteiger partial charge on any atom is 0.205 e. The summed E-state index contributed by atoms with van der Waals surface area (Å²) >= 11 is 0. The van der Waals surface area contributed by atoms with E-state index >= 15 is 0 Å². The zero-order valence-electron chi connectivity index (χ0n) is 32.7. The maximum atomic E-state index is 13.8. The second kappa shape index (κ2) is 16.7. The lowest BCUT2D eigenvalue weighted by atomic mass is 9.75. The lowest BCUT2D eigenvalue weighted by molar-refractivity contribution is -0.151. The molecule has 0 atom stereocenters. The van der Waals surface area contributed by atoms with Crippen LogP contribution in [0.15, 0.2) is 170 Å². The van der Waals surface area contributed by atoms with Crippen molar-refractivity contribution in [1.29, 1.82) is 0 Å². The number of aliphatic hydroxyl groups is 1. The van der Waals surface area contributed by atoms with Crippen LogP contribution in [-0.4, -0.2) is 18.3 Å². The molecule has 0 saturated carbocycles. The molecule has 0 spiro atoms. The highest BCUT2D eigenvalue weighted by Gasteiger charge is 2.50. The normalized spacial score (nSPS) is 14.7. The summed E-state index contributed by atoms with van der Waals surface area (Å²) in [5.41, 5.74) is 4.13. The van der Waals surface area contributed by atoms with Crippen molar-refractivity contribution in [3.63, 3.8) is 0 Å².